The summed E-state index contributed by atoms with van der Waals surface area (Å²) < 4.78 is 0. The summed E-state index contributed by atoms with van der Waals surface area (Å²) in [7, 11) is 0. The third-order valence-corrected chi connectivity index (χ3v) is 2.17. The second-order valence-corrected chi connectivity index (χ2v) is 4.00. The van der Waals surface area contributed by atoms with Crippen molar-refractivity contribution in [3.8, 4) is 0 Å². The van der Waals surface area contributed by atoms with E-state index >= 15 is 0 Å². The van der Waals surface area contributed by atoms with Crippen LogP contribution in [0.4, 0.5) is 0 Å². The van der Waals surface area contributed by atoms with Crippen molar-refractivity contribution < 1.29 is 50.6 Å². The number of rotatable bonds is 11. The molecule has 0 aliphatic heterocycles. The Labute approximate surface area is 181 Å². The van der Waals surface area contributed by atoms with Crippen LogP contribution in [0.15, 0.2) is 0 Å². The number of aliphatic carboxylic acids is 4. The van der Waals surface area contributed by atoms with Crippen LogP contribution >= 0.6 is 0 Å². The van der Waals surface area contributed by atoms with Gasteiger partial charge >= 0.3 is 23.9 Å². The molecular formula is C10H20N2Na2O10. The van der Waals surface area contributed by atoms with Crippen LogP contribution in [-0.2, 0) is 19.2 Å². The maximum Gasteiger partial charge on any atom is 0.317 e. The minimum atomic E-state index is -1.23. The molecule has 0 saturated carbocycles. The van der Waals surface area contributed by atoms with Crippen LogP contribution in [-0.4, -0.2) is 163 Å². The molecule has 8 N–H and O–H groups in total. The Balaban J connectivity index is -0.000000301. The van der Waals surface area contributed by atoms with E-state index in [-0.39, 0.29) is 83.2 Å². The van der Waals surface area contributed by atoms with Crippen LogP contribution in [0.1, 0.15) is 0 Å². The summed E-state index contributed by atoms with van der Waals surface area (Å²) in [6.45, 7) is -2.25. The van der Waals surface area contributed by atoms with Gasteiger partial charge in [-0.15, -0.1) is 0 Å². The second kappa shape index (κ2) is 19.1. The predicted molar refractivity (Wildman–Crippen MR) is 82.2 cm³/mol. The van der Waals surface area contributed by atoms with Crippen molar-refractivity contribution in [2.75, 3.05) is 39.3 Å². The molecule has 0 aromatic heterocycles. The second-order valence-electron chi connectivity index (χ2n) is 4.00. The van der Waals surface area contributed by atoms with Crippen molar-refractivity contribution in [2.24, 2.45) is 0 Å². The first-order chi connectivity index (χ1) is 9.20. The molecule has 2 radical (unpaired) electrons. The molecule has 0 amide bonds. The molecule has 0 atom stereocenters. The van der Waals surface area contributed by atoms with Crippen LogP contribution in [0.3, 0.4) is 0 Å². The molecule has 0 saturated heterocycles. The Hall–Kier alpha value is -0.280. The average molecular weight is 374 g/mol. The summed E-state index contributed by atoms with van der Waals surface area (Å²) in [5, 5.41) is 34.5. The largest absolute Gasteiger partial charge is 0.480 e. The summed E-state index contributed by atoms with van der Waals surface area (Å²) in [5.41, 5.74) is 0. The maximum absolute atomic E-state index is 10.6. The van der Waals surface area contributed by atoms with Gasteiger partial charge < -0.3 is 31.4 Å². The van der Waals surface area contributed by atoms with Crippen molar-refractivity contribution in [2.45, 2.75) is 0 Å². The summed E-state index contributed by atoms with van der Waals surface area (Å²) in [5.74, 6) is -4.91. The standard InChI is InChI=1S/C10H16N2O8.2Na.2H2O/c13-7(14)3-11(4-8(15)16)1-2-12(5-9(17)18)6-10(19)20;;;;/h1-6H2,(H,13,14)(H,15,16)(H,17,18)(H,19,20);;;2*1H2. The zero-order valence-corrected chi connectivity index (χ0v) is 17.6. The predicted octanol–water partition coefficient (Wildman–Crippen LogP) is -4.48. The van der Waals surface area contributed by atoms with E-state index in [0.717, 1.165) is 9.80 Å². The Morgan fingerprint density at radius 3 is 0.833 bits per heavy atom. The van der Waals surface area contributed by atoms with Gasteiger partial charge in [-0.2, -0.15) is 0 Å². The van der Waals surface area contributed by atoms with Gasteiger partial charge in [-0.05, 0) is 0 Å². The number of carbonyl (C=O) groups is 4. The zero-order chi connectivity index (χ0) is 15.7. The SMILES string of the molecule is O.O.O=C(O)CN(CCN(CC(=O)O)CC(=O)O)CC(=O)O.[Na].[Na]. The van der Waals surface area contributed by atoms with Crippen LogP contribution in [0.5, 0.6) is 0 Å². The summed E-state index contributed by atoms with van der Waals surface area (Å²) in [6, 6.07) is 0. The molecule has 0 aromatic carbocycles. The van der Waals surface area contributed by atoms with Gasteiger partial charge in [0.25, 0.3) is 0 Å². The van der Waals surface area contributed by atoms with Gasteiger partial charge in [-0.1, -0.05) is 0 Å². The molecule has 0 aliphatic carbocycles. The van der Waals surface area contributed by atoms with E-state index in [0.29, 0.717) is 0 Å². The zero-order valence-electron chi connectivity index (χ0n) is 13.6. The van der Waals surface area contributed by atoms with E-state index in [1.807, 2.05) is 0 Å². The fourth-order valence-electron chi connectivity index (χ4n) is 1.48. The monoisotopic (exact) mass is 374 g/mol. The fourth-order valence-corrected chi connectivity index (χ4v) is 1.48. The topological polar surface area (TPSA) is 219 Å². The average Bonchev–Trinajstić information content (AvgIpc) is 2.22. The number of nitrogens with zero attached hydrogens (tertiary/aromatic N) is 2. The molecule has 0 fully saturated rings. The Morgan fingerprint density at radius 2 is 0.708 bits per heavy atom. The molecular weight excluding hydrogens is 354 g/mol. The van der Waals surface area contributed by atoms with Crippen molar-refractivity contribution in [3.05, 3.63) is 0 Å². The minimum absolute atomic E-state index is 0. The quantitative estimate of drug-likeness (QED) is 0.254. The first-order valence-corrected chi connectivity index (χ1v) is 5.52. The van der Waals surface area contributed by atoms with Crippen molar-refractivity contribution >= 4 is 83.0 Å². The molecule has 24 heavy (non-hydrogen) atoms. The minimum Gasteiger partial charge on any atom is -0.480 e. The molecule has 0 spiro atoms. The molecule has 0 heterocycles. The molecule has 0 unspecified atom stereocenters. The van der Waals surface area contributed by atoms with Crippen molar-refractivity contribution in [3.63, 3.8) is 0 Å². The van der Waals surface area contributed by atoms with E-state index in [2.05, 4.69) is 0 Å². The molecule has 0 aliphatic rings. The Morgan fingerprint density at radius 1 is 0.542 bits per heavy atom. The van der Waals surface area contributed by atoms with Crippen molar-refractivity contribution in [1.29, 1.82) is 0 Å². The maximum atomic E-state index is 10.6. The van der Waals surface area contributed by atoms with E-state index in [4.69, 9.17) is 20.4 Å². The first-order valence-electron chi connectivity index (χ1n) is 5.52. The third kappa shape index (κ3) is 21.7. The number of carboxylic acid groups (broad SMARTS) is 4. The fraction of sp³-hybridized carbons (Fsp3) is 0.600. The smallest absolute Gasteiger partial charge is 0.317 e. The van der Waals surface area contributed by atoms with E-state index in [1.54, 1.807) is 0 Å². The Bertz CT molecular complexity index is 328. The van der Waals surface area contributed by atoms with E-state index in [1.165, 1.54) is 0 Å². The number of hydrogen-bond donors (Lipinski definition) is 4. The van der Waals surface area contributed by atoms with Gasteiger partial charge in [0.05, 0.1) is 26.2 Å². The molecule has 0 rings (SSSR count). The molecule has 0 bridgehead atoms. The van der Waals surface area contributed by atoms with Crippen molar-refractivity contribution in [1.82, 2.24) is 9.80 Å². The third-order valence-electron chi connectivity index (χ3n) is 2.17. The van der Waals surface area contributed by atoms with E-state index in [9.17, 15) is 19.2 Å². The van der Waals surface area contributed by atoms with Gasteiger partial charge in [-0.3, -0.25) is 29.0 Å². The number of carboxylic acids is 4. The molecule has 12 nitrogen and oxygen atoms in total. The van der Waals surface area contributed by atoms with Crippen LogP contribution in [0, 0.1) is 0 Å². The summed E-state index contributed by atoms with van der Waals surface area (Å²) >= 11 is 0. The normalized spacial score (nSPS) is 8.92. The summed E-state index contributed by atoms with van der Waals surface area (Å²) in [4.78, 5) is 44.4. The van der Waals surface area contributed by atoms with E-state index < -0.39 is 50.1 Å². The van der Waals surface area contributed by atoms with Crippen LogP contribution < -0.4 is 0 Å². The van der Waals surface area contributed by atoms with Crippen LogP contribution in [0.2, 0.25) is 0 Å². The van der Waals surface area contributed by atoms with Crippen LogP contribution in [0.25, 0.3) is 0 Å². The molecule has 14 heteroatoms. The van der Waals surface area contributed by atoms with Gasteiger partial charge in [0.2, 0.25) is 0 Å². The van der Waals surface area contributed by atoms with Gasteiger partial charge in [0.15, 0.2) is 0 Å². The summed E-state index contributed by atoms with van der Waals surface area (Å²) in [6.07, 6.45) is 0. The molecule has 132 valence electrons. The Kier molecular flexibility index (Phi) is 27.7. The van der Waals surface area contributed by atoms with Gasteiger partial charge in [0.1, 0.15) is 0 Å². The number of hydrogen-bond acceptors (Lipinski definition) is 6. The van der Waals surface area contributed by atoms with Gasteiger partial charge in [-0.25, -0.2) is 0 Å². The van der Waals surface area contributed by atoms with Gasteiger partial charge in [0, 0.05) is 72.2 Å². The first kappa shape index (κ1) is 34.9. The molecule has 0 aromatic rings.